The first-order chi connectivity index (χ1) is 8.83. The van der Waals surface area contributed by atoms with Gasteiger partial charge in [-0.05, 0) is 51.4 Å². The monoisotopic (exact) mass is 266 g/mol. The second kappa shape index (κ2) is 6.90. The maximum absolute atomic E-state index is 11.4. The zero-order chi connectivity index (χ0) is 14.5. The predicted octanol–water partition coefficient (Wildman–Crippen LogP) is 3.24. The minimum absolute atomic E-state index is 0.187. The highest BCUT2D eigenvalue weighted by molar-refractivity contribution is 5.88. The van der Waals surface area contributed by atoms with E-state index in [9.17, 15) is 9.90 Å². The zero-order valence-electron chi connectivity index (χ0n) is 12.5. The third-order valence-corrected chi connectivity index (χ3v) is 3.74. The molecule has 1 aliphatic carbocycles. The topological polar surface area (TPSA) is 46.5 Å². The molecule has 0 heterocycles. The number of ether oxygens (including phenoxy) is 1. The highest BCUT2D eigenvalue weighted by atomic mass is 16.5. The number of carbonyl (C=O) groups excluding carboxylic acids is 1. The molecule has 0 fully saturated rings. The maximum Gasteiger partial charge on any atom is 0.333 e. The van der Waals surface area contributed by atoms with Gasteiger partial charge in [-0.3, -0.25) is 0 Å². The van der Waals surface area contributed by atoms with Gasteiger partial charge in [0, 0.05) is 5.57 Å². The lowest BCUT2D eigenvalue weighted by molar-refractivity contribution is -0.136. The van der Waals surface area contributed by atoms with Crippen molar-refractivity contribution >= 4 is 5.97 Å². The minimum atomic E-state index is -0.732. The Morgan fingerprint density at radius 3 is 2.79 bits per heavy atom. The summed E-state index contributed by atoms with van der Waals surface area (Å²) in [5.41, 5.74) is 0.0857. The van der Waals surface area contributed by atoms with E-state index in [1.54, 1.807) is 13.8 Å². The zero-order valence-corrected chi connectivity index (χ0v) is 12.5. The Morgan fingerprint density at radius 2 is 2.32 bits per heavy atom. The quantitative estimate of drug-likeness (QED) is 0.614. The van der Waals surface area contributed by atoms with Crippen LogP contribution in [0.4, 0.5) is 0 Å². The van der Waals surface area contributed by atoms with E-state index >= 15 is 0 Å². The molecule has 0 aromatic heterocycles. The first-order valence-electron chi connectivity index (χ1n) is 7.01. The molecular formula is C16H26O3. The summed E-state index contributed by atoms with van der Waals surface area (Å²) in [6.45, 7) is 5.79. The van der Waals surface area contributed by atoms with E-state index in [1.165, 1.54) is 7.11 Å². The van der Waals surface area contributed by atoms with Gasteiger partial charge in [0.05, 0.1) is 12.7 Å². The summed E-state index contributed by atoms with van der Waals surface area (Å²) in [7, 11) is 1.43. The standard InChI is InChI=1S/C16H26O3/c1-12(6-5-11-16(2,3)18)13-7-9-14(10-8-13)15(17)19-4/h5,9,11-13,18H,6-8,10H2,1-4H3/b11-5+/t12-,13-/m0/s1. The van der Waals surface area contributed by atoms with Gasteiger partial charge in [-0.25, -0.2) is 4.79 Å². The Hall–Kier alpha value is -1.09. The van der Waals surface area contributed by atoms with Gasteiger partial charge in [-0.1, -0.05) is 25.2 Å². The fourth-order valence-electron chi connectivity index (χ4n) is 2.45. The SMILES string of the molecule is COC(=O)C1=CC[C@H]([C@@H](C)C/C=C/C(C)(C)O)CC1. The van der Waals surface area contributed by atoms with Crippen LogP contribution in [0.5, 0.6) is 0 Å². The van der Waals surface area contributed by atoms with E-state index in [-0.39, 0.29) is 5.97 Å². The molecule has 1 N–H and O–H groups in total. The molecule has 0 radical (unpaired) electrons. The fourth-order valence-corrected chi connectivity index (χ4v) is 2.45. The van der Waals surface area contributed by atoms with Crippen LogP contribution in [-0.2, 0) is 9.53 Å². The van der Waals surface area contributed by atoms with Crippen molar-refractivity contribution in [3.8, 4) is 0 Å². The molecule has 3 heteroatoms. The summed E-state index contributed by atoms with van der Waals surface area (Å²) in [6, 6.07) is 0. The number of hydrogen-bond acceptors (Lipinski definition) is 3. The van der Waals surface area contributed by atoms with Gasteiger partial charge in [-0.2, -0.15) is 0 Å². The van der Waals surface area contributed by atoms with Gasteiger partial charge in [0.1, 0.15) is 0 Å². The molecule has 19 heavy (non-hydrogen) atoms. The van der Waals surface area contributed by atoms with Crippen LogP contribution in [0, 0.1) is 11.8 Å². The number of allylic oxidation sites excluding steroid dienone is 2. The van der Waals surface area contributed by atoms with Crippen molar-refractivity contribution in [1.82, 2.24) is 0 Å². The molecule has 0 saturated heterocycles. The highest BCUT2D eigenvalue weighted by Crippen LogP contribution is 2.31. The van der Waals surface area contributed by atoms with Crippen molar-refractivity contribution in [2.75, 3.05) is 7.11 Å². The Kier molecular flexibility index (Phi) is 5.80. The van der Waals surface area contributed by atoms with Crippen molar-refractivity contribution in [2.24, 2.45) is 11.8 Å². The average Bonchev–Trinajstić information content (AvgIpc) is 2.36. The van der Waals surface area contributed by atoms with Gasteiger partial charge in [-0.15, -0.1) is 0 Å². The number of methoxy groups -OCH3 is 1. The molecule has 1 aliphatic rings. The second-order valence-electron chi connectivity index (χ2n) is 6.02. The van der Waals surface area contributed by atoms with Crippen LogP contribution < -0.4 is 0 Å². The lowest BCUT2D eigenvalue weighted by atomic mass is 9.80. The summed E-state index contributed by atoms with van der Waals surface area (Å²) in [5.74, 6) is 0.988. The Bertz CT molecular complexity index is 361. The molecule has 0 aromatic rings. The first kappa shape index (κ1) is 16.0. The van der Waals surface area contributed by atoms with Gasteiger partial charge >= 0.3 is 5.97 Å². The van der Waals surface area contributed by atoms with Crippen molar-refractivity contribution in [3.63, 3.8) is 0 Å². The van der Waals surface area contributed by atoms with E-state index in [4.69, 9.17) is 4.74 Å². The van der Waals surface area contributed by atoms with Gasteiger partial charge in [0.2, 0.25) is 0 Å². The molecule has 2 atom stereocenters. The van der Waals surface area contributed by atoms with E-state index < -0.39 is 5.60 Å². The predicted molar refractivity (Wildman–Crippen MR) is 76.7 cm³/mol. The molecule has 0 aromatic carbocycles. The van der Waals surface area contributed by atoms with Crippen LogP contribution in [0.3, 0.4) is 0 Å². The molecule has 0 amide bonds. The second-order valence-corrected chi connectivity index (χ2v) is 6.02. The third-order valence-electron chi connectivity index (χ3n) is 3.74. The molecule has 0 saturated carbocycles. The Labute approximate surface area is 116 Å². The first-order valence-corrected chi connectivity index (χ1v) is 7.01. The highest BCUT2D eigenvalue weighted by Gasteiger charge is 2.22. The van der Waals surface area contributed by atoms with Gasteiger partial charge in [0.15, 0.2) is 0 Å². The van der Waals surface area contributed by atoms with Crippen LogP contribution in [0.2, 0.25) is 0 Å². The average molecular weight is 266 g/mol. The number of rotatable bonds is 5. The van der Waals surface area contributed by atoms with E-state index in [2.05, 4.69) is 13.0 Å². The molecule has 1 rings (SSSR count). The van der Waals surface area contributed by atoms with E-state index in [1.807, 2.05) is 12.2 Å². The number of esters is 1. The number of aliphatic hydroxyl groups is 1. The van der Waals surface area contributed by atoms with Crippen molar-refractivity contribution in [1.29, 1.82) is 0 Å². The molecule has 0 bridgehead atoms. The third kappa shape index (κ3) is 5.60. The van der Waals surface area contributed by atoms with Crippen LogP contribution in [0.25, 0.3) is 0 Å². The van der Waals surface area contributed by atoms with Crippen LogP contribution in [0.1, 0.15) is 46.5 Å². The molecule has 0 unspecified atom stereocenters. The smallest absolute Gasteiger partial charge is 0.333 e. The van der Waals surface area contributed by atoms with E-state index in [0.29, 0.717) is 11.8 Å². The largest absolute Gasteiger partial charge is 0.466 e. The van der Waals surface area contributed by atoms with Crippen molar-refractivity contribution < 1.29 is 14.6 Å². The fraction of sp³-hybridized carbons (Fsp3) is 0.688. The van der Waals surface area contributed by atoms with Crippen LogP contribution in [0.15, 0.2) is 23.8 Å². The normalized spacial score (nSPS) is 22.2. The summed E-state index contributed by atoms with van der Waals surface area (Å²) in [4.78, 5) is 11.4. The molecule has 0 aliphatic heterocycles. The summed E-state index contributed by atoms with van der Waals surface area (Å²) >= 11 is 0. The summed E-state index contributed by atoms with van der Waals surface area (Å²) in [6.07, 6.45) is 9.70. The molecule has 0 spiro atoms. The lowest BCUT2D eigenvalue weighted by Gasteiger charge is -2.26. The van der Waals surface area contributed by atoms with Gasteiger partial charge in [0.25, 0.3) is 0 Å². The number of hydrogen-bond donors (Lipinski definition) is 1. The minimum Gasteiger partial charge on any atom is -0.466 e. The van der Waals surface area contributed by atoms with E-state index in [0.717, 1.165) is 31.3 Å². The molecular weight excluding hydrogens is 240 g/mol. The van der Waals surface area contributed by atoms with Crippen molar-refractivity contribution in [3.05, 3.63) is 23.8 Å². The van der Waals surface area contributed by atoms with Gasteiger partial charge < -0.3 is 9.84 Å². The Morgan fingerprint density at radius 1 is 1.63 bits per heavy atom. The summed E-state index contributed by atoms with van der Waals surface area (Å²) < 4.78 is 4.74. The maximum atomic E-state index is 11.4. The van der Waals surface area contributed by atoms with Crippen LogP contribution >= 0.6 is 0 Å². The number of carbonyl (C=O) groups is 1. The lowest BCUT2D eigenvalue weighted by Crippen LogP contribution is -2.18. The molecule has 108 valence electrons. The van der Waals surface area contributed by atoms with Crippen LogP contribution in [-0.4, -0.2) is 23.8 Å². The summed E-state index contributed by atoms with van der Waals surface area (Å²) in [5, 5.41) is 9.62. The molecule has 3 nitrogen and oxygen atoms in total. The van der Waals surface area contributed by atoms with Crippen molar-refractivity contribution in [2.45, 2.75) is 52.1 Å². The Balaban J connectivity index is 2.45.